The monoisotopic (exact) mass is 260 g/mol. The second kappa shape index (κ2) is 6.09. The van der Waals surface area contributed by atoms with Crippen LogP contribution in [0.3, 0.4) is 0 Å². The van der Waals surface area contributed by atoms with Crippen LogP contribution in [0, 0.1) is 0 Å². The van der Waals surface area contributed by atoms with Crippen LogP contribution in [0.15, 0.2) is 24.3 Å². The Morgan fingerprint density at radius 2 is 2.00 bits per heavy atom. The van der Waals surface area contributed by atoms with Crippen molar-refractivity contribution in [1.82, 2.24) is 4.90 Å². The number of carbonyl (C=O) groups excluding carboxylic acids is 1. The summed E-state index contributed by atoms with van der Waals surface area (Å²) in [6.07, 6.45) is 4.86. The second-order valence-corrected chi connectivity index (χ2v) is 5.67. The first-order valence-electron chi connectivity index (χ1n) is 7.23. The largest absolute Gasteiger partial charge is 0.399 e. The molecule has 3 heteroatoms. The molecule has 2 unspecified atom stereocenters. The maximum Gasteiger partial charge on any atom is 0.223 e. The van der Waals surface area contributed by atoms with E-state index in [0.717, 1.165) is 30.5 Å². The summed E-state index contributed by atoms with van der Waals surface area (Å²) in [7, 11) is 0. The highest BCUT2D eigenvalue weighted by Crippen LogP contribution is 2.23. The Morgan fingerprint density at radius 1 is 1.32 bits per heavy atom. The Bertz CT molecular complexity index is 434. The van der Waals surface area contributed by atoms with Gasteiger partial charge in [-0.25, -0.2) is 0 Å². The predicted octanol–water partition coefficient (Wildman–Crippen LogP) is 2.99. The number of anilines is 1. The van der Waals surface area contributed by atoms with Crippen LogP contribution in [-0.4, -0.2) is 22.9 Å². The van der Waals surface area contributed by atoms with Gasteiger partial charge >= 0.3 is 0 Å². The van der Waals surface area contributed by atoms with Crippen LogP contribution in [0.25, 0.3) is 0 Å². The van der Waals surface area contributed by atoms with Crippen molar-refractivity contribution in [2.24, 2.45) is 0 Å². The highest BCUT2D eigenvalue weighted by atomic mass is 16.2. The summed E-state index contributed by atoms with van der Waals surface area (Å²) in [5, 5.41) is 0. The fourth-order valence-electron chi connectivity index (χ4n) is 3.04. The number of nitrogens with zero attached hydrogens (tertiary/aromatic N) is 1. The lowest BCUT2D eigenvalue weighted by Gasteiger charge is -2.39. The lowest BCUT2D eigenvalue weighted by Crippen LogP contribution is -2.47. The first-order chi connectivity index (χ1) is 9.08. The van der Waals surface area contributed by atoms with Gasteiger partial charge in [-0.1, -0.05) is 12.1 Å². The Balaban J connectivity index is 1.93. The summed E-state index contributed by atoms with van der Waals surface area (Å²) in [4.78, 5) is 14.5. The van der Waals surface area contributed by atoms with E-state index in [1.54, 1.807) is 0 Å². The third kappa shape index (κ3) is 3.49. The van der Waals surface area contributed by atoms with E-state index in [-0.39, 0.29) is 5.91 Å². The van der Waals surface area contributed by atoms with E-state index in [1.807, 2.05) is 24.3 Å². The number of carbonyl (C=O) groups is 1. The molecule has 2 rings (SSSR count). The van der Waals surface area contributed by atoms with Gasteiger partial charge in [-0.05, 0) is 57.2 Å². The number of hydrogen-bond donors (Lipinski definition) is 1. The molecule has 1 aromatic carbocycles. The first kappa shape index (κ1) is 13.9. The van der Waals surface area contributed by atoms with Crippen molar-refractivity contribution in [2.75, 3.05) is 5.73 Å². The highest BCUT2D eigenvalue weighted by molar-refractivity contribution is 5.77. The molecular formula is C16H24N2O. The van der Waals surface area contributed by atoms with Gasteiger partial charge in [0.2, 0.25) is 5.91 Å². The van der Waals surface area contributed by atoms with Crippen molar-refractivity contribution in [3.05, 3.63) is 29.8 Å². The van der Waals surface area contributed by atoms with Gasteiger partial charge in [0.15, 0.2) is 0 Å². The van der Waals surface area contributed by atoms with Gasteiger partial charge < -0.3 is 10.6 Å². The van der Waals surface area contributed by atoms with Gasteiger partial charge in [-0.2, -0.15) is 0 Å². The summed E-state index contributed by atoms with van der Waals surface area (Å²) < 4.78 is 0. The molecule has 1 saturated heterocycles. The average molecular weight is 260 g/mol. The van der Waals surface area contributed by atoms with Crippen LogP contribution < -0.4 is 5.73 Å². The molecule has 3 nitrogen and oxygen atoms in total. The number of rotatable bonds is 3. The molecule has 0 bridgehead atoms. The zero-order valence-electron chi connectivity index (χ0n) is 11.9. The molecule has 104 valence electrons. The minimum absolute atomic E-state index is 0.280. The Hall–Kier alpha value is -1.51. The van der Waals surface area contributed by atoms with E-state index in [9.17, 15) is 4.79 Å². The number of likely N-dealkylation sites (tertiary alicyclic amines) is 1. The fourth-order valence-corrected chi connectivity index (χ4v) is 3.04. The summed E-state index contributed by atoms with van der Waals surface area (Å²) in [5.74, 6) is 0.280. The molecule has 1 heterocycles. The summed E-state index contributed by atoms with van der Waals surface area (Å²) in [6, 6.07) is 8.58. The molecule has 0 spiro atoms. The van der Waals surface area contributed by atoms with Gasteiger partial charge in [-0.3, -0.25) is 4.79 Å². The van der Waals surface area contributed by atoms with Gasteiger partial charge in [-0.15, -0.1) is 0 Å². The molecule has 1 fully saturated rings. The molecule has 0 aromatic heterocycles. The maximum atomic E-state index is 12.4. The fraction of sp³-hybridized carbons (Fsp3) is 0.562. The van der Waals surface area contributed by atoms with Gasteiger partial charge in [0, 0.05) is 24.2 Å². The van der Waals surface area contributed by atoms with Crippen molar-refractivity contribution < 1.29 is 4.79 Å². The molecule has 1 aromatic rings. The van der Waals surface area contributed by atoms with Crippen molar-refractivity contribution in [3.63, 3.8) is 0 Å². The highest BCUT2D eigenvalue weighted by Gasteiger charge is 2.28. The van der Waals surface area contributed by atoms with Crippen molar-refractivity contribution in [1.29, 1.82) is 0 Å². The number of piperidine rings is 1. The van der Waals surface area contributed by atoms with Crippen LogP contribution >= 0.6 is 0 Å². The van der Waals surface area contributed by atoms with Crippen LogP contribution in [0.4, 0.5) is 5.69 Å². The molecule has 19 heavy (non-hydrogen) atoms. The lowest BCUT2D eigenvalue weighted by molar-refractivity contribution is -0.137. The summed E-state index contributed by atoms with van der Waals surface area (Å²) in [5.41, 5.74) is 7.67. The van der Waals surface area contributed by atoms with Gasteiger partial charge in [0.1, 0.15) is 0 Å². The molecule has 2 atom stereocenters. The van der Waals surface area contributed by atoms with Crippen LogP contribution in [0.1, 0.15) is 45.1 Å². The van der Waals surface area contributed by atoms with E-state index in [0.29, 0.717) is 18.5 Å². The number of nitrogen functional groups attached to an aromatic ring is 1. The zero-order valence-corrected chi connectivity index (χ0v) is 11.9. The number of amides is 1. The molecular weight excluding hydrogens is 236 g/mol. The zero-order chi connectivity index (χ0) is 13.8. The van der Waals surface area contributed by atoms with E-state index in [4.69, 9.17) is 5.73 Å². The average Bonchev–Trinajstić information content (AvgIpc) is 2.36. The van der Waals surface area contributed by atoms with E-state index in [2.05, 4.69) is 18.7 Å². The van der Waals surface area contributed by atoms with Gasteiger partial charge in [0.25, 0.3) is 0 Å². The Morgan fingerprint density at radius 3 is 2.63 bits per heavy atom. The van der Waals surface area contributed by atoms with Crippen molar-refractivity contribution in [3.8, 4) is 0 Å². The smallest absolute Gasteiger partial charge is 0.223 e. The molecule has 0 radical (unpaired) electrons. The standard InChI is InChI=1S/C16H24N2O/c1-12-5-3-6-13(2)18(12)16(19)10-9-14-7-4-8-15(17)11-14/h4,7-8,11-13H,3,5-6,9-10,17H2,1-2H3. The molecule has 0 saturated carbocycles. The normalized spacial score (nSPS) is 23.4. The topological polar surface area (TPSA) is 46.3 Å². The third-order valence-electron chi connectivity index (χ3n) is 4.06. The van der Waals surface area contributed by atoms with E-state index >= 15 is 0 Å². The molecule has 2 N–H and O–H groups in total. The Labute approximate surface area is 115 Å². The maximum absolute atomic E-state index is 12.4. The molecule has 1 aliphatic rings. The van der Waals surface area contributed by atoms with E-state index < -0.39 is 0 Å². The van der Waals surface area contributed by atoms with Crippen LogP contribution in [-0.2, 0) is 11.2 Å². The lowest BCUT2D eigenvalue weighted by atomic mass is 9.96. The second-order valence-electron chi connectivity index (χ2n) is 5.67. The van der Waals surface area contributed by atoms with Gasteiger partial charge in [0.05, 0.1) is 0 Å². The quantitative estimate of drug-likeness (QED) is 0.849. The van der Waals surface area contributed by atoms with Crippen molar-refractivity contribution >= 4 is 11.6 Å². The number of nitrogens with two attached hydrogens (primary N) is 1. The number of benzene rings is 1. The molecule has 0 aliphatic carbocycles. The summed E-state index contributed by atoms with van der Waals surface area (Å²) >= 11 is 0. The summed E-state index contributed by atoms with van der Waals surface area (Å²) in [6.45, 7) is 4.32. The third-order valence-corrected chi connectivity index (χ3v) is 4.06. The number of aryl methyl sites for hydroxylation is 1. The van der Waals surface area contributed by atoms with E-state index in [1.165, 1.54) is 6.42 Å². The molecule has 1 aliphatic heterocycles. The van der Waals surface area contributed by atoms with Crippen LogP contribution in [0.5, 0.6) is 0 Å². The minimum Gasteiger partial charge on any atom is -0.399 e. The first-order valence-corrected chi connectivity index (χ1v) is 7.23. The van der Waals surface area contributed by atoms with Crippen LogP contribution in [0.2, 0.25) is 0 Å². The number of hydrogen-bond acceptors (Lipinski definition) is 2. The Kier molecular flexibility index (Phi) is 4.46. The van der Waals surface area contributed by atoms with Crippen molar-refractivity contribution in [2.45, 2.75) is 58.0 Å². The minimum atomic E-state index is 0.280. The molecule has 1 amide bonds. The SMILES string of the molecule is CC1CCCC(C)N1C(=O)CCc1cccc(N)c1. The predicted molar refractivity (Wildman–Crippen MR) is 78.8 cm³/mol.